The summed E-state index contributed by atoms with van der Waals surface area (Å²) in [5.74, 6) is 1.17. The number of rotatable bonds is 9. The summed E-state index contributed by atoms with van der Waals surface area (Å²) >= 11 is 0. The number of benzene rings is 2. The van der Waals surface area contributed by atoms with Gasteiger partial charge in [0, 0.05) is 54.2 Å². The summed E-state index contributed by atoms with van der Waals surface area (Å²) in [5, 5.41) is 11.0. The van der Waals surface area contributed by atoms with Gasteiger partial charge < -0.3 is 31.9 Å². The molecule has 0 radical (unpaired) electrons. The molecule has 2 aromatic heterocycles. The largest absolute Gasteiger partial charge is 0.366 e. The third-order valence-electron chi connectivity index (χ3n) is 6.88. The van der Waals surface area contributed by atoms with Gasteiger partial charge in [-0.15, -0.1) is 0 Å². The molecule has 4 aromatic rings. The Balaban J connectivity index is 0.000000410. The van der Waals surface area contributed by atoms with Crippen molar-refractivity contribution in [1.29, 1.82) is 0 Å². The van der Waals surface area contributed by atoms with Gasteiger partial charge in [-0.2, -0.15) is 9.61 Å². The van der Waals surface area contributed by atoms with Gasteiger partial charge in [0.1, 0.15) is 11.6 Å². The maximum Gasteiger partial charge on any atom is 0.255 e. The zero-order valence-electron chi connectivity index (χ0n) is 25.0. The van der Waals surface area contributed by atoms with Crippen molar-refractivity contribution in [3.63, 3.8) is 0 Å². The highest BCUT2D eigenvalue weighted by molar-refractivity contribution is 6.04. The van der Waals surface area contributed by atoms with Gasteiger partial charge in [0.05, 0.1) is 6.20 Å². The standard InChI is InChI=1S/C26H29N7O.C6H12N2O/c1-2-18-16-28-33-24(15-23(31-25(18)33)32-13-7-10-20(27)17-32)29-21-11-6-12-22(14-21)30-26(34)19-8-4-3-5-9-19;1-8(2)5-3-4-6(7)9/h3-6,8-9,11-12,14-16,20,29H,2,7,10,13,17,27H2,1H3,(H,30,34);3-4H,5H2,1-2H3,(H2,7,9)/b;4-3+. The molecule has 3 heterocycles. The summed E-state index contributed by atoms with van der Waals surface area (Å²) in [7, 11) is 3.84. The second-order valence-corrected chi connectivity index (χ2v) is 10.7. The lowest BCUT2D eigenvalue weighted by atomic mass is 10.1. The molecule has 0 spiro atoms. The van der Waals surface area contributed by atoms with E-state index in [1.54, 1.807) is 18.2 Å². The molecule has 1 atom stereocenters. The molecule has 11 nitrogen and oxygen atoms in total. The molecular formula is C32H41N9O2. The highest BCUT2D eigenvalue weighted by Gasteiger charge is 2.20. The molecule has 1 aliphatic heterocycles. The summed E-state index contributed by atoms with van der Waals surface area (Å²) < 4.78 is 1.83. The van der Waals surface area contributed by atoms with Crippen LogP contribution in [0.5, 0.6) is 0 Å². The van der Waals surface area contributed by atoms with Crippen LogP contribution in [0, 0.1) is 0 Å². The van der Waals surface area contributed by atoms with Gasteiger partial charge in [0.2, 0.25) is 5.91 Å². The quantitative estimate of drug-likeness (QED) is 0.218. The number of piperidine rings is 1. The second kappa shape index (κ2) is 14.9. The van der Waals surface area contributed by atoms with E-state index in [-0.39, 0.29) is 11.9 Å². The molecule has 1 fully saturated rings. The van der Waals surface area contributed by atoms with Gasteiger partial charge in [-0.1, -0.05) is 37.3 Å². The second-order valence-electron chi connectivity index (χ2n) is 10.7. The first-order valence-corrected chi connectivity index (χ1v) is 14.5. The van der Waals surface area contributed by atoms with Crippen LogP contribution < -0.4 is 27.0 Å². The molecule has 0 bridgehead atoms. The molecule has 11 heteroatoms. The van der Waals surface area contributed by atoms with Crippen molar-refractivity contribution in [2.75, 3.05) is 49.3 Å². The van der Waals surface area contributed by atoms with E-state index in [1.165, 1.54) is 6.08 Å². The fraction of sp³-hybridized carbons (Fsp3) is 0.312. The monoisotopic (exact) mass is 583 g/mol. The van der Waals surface area contributed by atoms with Gasteiger partial charge in [-0.25, -0.2) is 4.98 Å². The third kappa shape index (κ3) is 8.87. The molecule has 43 heavy (non-hydrogen) atoms. The molecule has 1 aliphatic rings. The normalized spacial score (nSPS) is 14.9. The minimum atomic E-state index is -0.392. The number of likely N-dealkylation sites (N-methyl/N-ethyl adjacent to an activating group) is 1. The third-order valence-corrected chi connectivity index (χ3v) is 6.88. The number of fused-ring (bicyclic) bond motifs is 1. The van der Waals surface area contributed by atoms with Crippen LogP contribution >= 0.6 is 0 Å². The average molecular weight is 584 g/mol. The van der Waals surface area contributed by atoms with Crippen LogP contribution in [0.15, 0.2) is 79.0 Å². The molecule has 0 saturated carbocycles. The lowest BCUT2D eigenvalue weighted by Crippen LogP contribution is -2.43. The van der Waals surface area contributed by atoms with E-state index >= 15 is 0 Å². The predicted octanol–water partition coefficient (Wildman–Crippen LogP) is 3.80. The lowest BCUT2D eigenvalue weighted by Gasteiger charge is -2.32. The number of nitrogens with zero attached hydrogens (tertiary/aromatic N) is 5. The zero-order valence-corrected chi connectivity index (χ0v) is 25.0. The van der Waals surface area contributed by atoms with Crippen LogP contribution in [0.25, 0.3) is 5.65 Å². The van der Waals surface area contributed by atoms with Gasteiger partial charge in [-0.05, 0) is 69.8 Å². The van der Waals surface area contributed by atoms with E-state index in [0.717, 1.165) is 67.4 Å². The molecular weight excluding hydrogens is 542 g/mol. The number of aryl methyl sites for hydroxylation is 1. The van der Waals surface area contributed by atoms with E-state index < -0.39 is 5.91 Å². The number of anilines is 4. The SMILES string of the molecule is CCc1cnn2c(Nc3cccc(NC(=O)c4ccccc4)c3)cc(N3CCCC(N)C3)nc12.CN(C)C/C=C/C(N)=O. The first-order chi connectivity index (χ1) is 20.7. The van der Waals surface area contributed by atoms with Crippen molar-refractivity contribution in [1.82, 2.24) is 19.5 Å². The summed E-state index contributed by atoms with van der Waals surface area (Å²) in [4.78, 5) is 31.8. The Hall–Kier alpha value is -4.74. The Bertz CT molecular complexity index is 1550. The molecule has 1 unspecified atom stereocenters. The number of nitrogens with one attached hydrogen (secondary N) is 2. The van der Waals surface area contributed by atoms with E-state index in [4.69, 9.17) is 16.5 Å². The minimum Gasteiger partial charge on any atom is -0.366 e. The van der Waals surface area contributed by atoms with E-state index in [2.05, 4.69) is 27.6 Å². The highest BCUT2D eigenvalue weighted by Crippen LogP contribution is 2.27. The average Bonchev–Trinajstić information content (AvgIpc) is 3.41. The molecule has 0 aliphatic carbocycles. The number of nitrogens with two attached hydrogens (primary N) is 2. The minimum absolute atomic E-state index is 0.146. The Labute approximate surface area is 252 Å². The number of amides is 2. The Morgan fingerprint density at radius 1 is 1.09 bits per heavy atom. The van der Waals surface area contributed by atoms with Crippen molar-refractivity contribution in [2.45, 2.75) is 32.2 Å². The number of aromatic nitrogens is 3. The maximum atomic E-state index is 12.6. The van der Waals surface area contributed by atoms with Crippen LogP contribution in [0.3, 0.4) is 0 Å². The number of carbonyl (C=O) groups excluding carboxylic acids is 2. The zero-order chi connectivity index (χ0) is 30.8. The van der Waals surface area contributed by atoms with Crippen LogP contribution in [0.1, 0.15) is 35.7 Å². The van der Waals surface area contributed by atoms with Crippen molar-refractivity contribution in [3.8, 4) is 0 Å². The van der Waals surface area contributed by atoms with Crippen molar-refractivity contribution >= 4 is 40.5 Å². The highest BCUT2D eigenvalue weighted by atomic mass is 16.2. The maximum absolute atomic E-state index is 12.6. The molecule has 1 saturated heterocycles. The smallest absolute Gasteiger partial charge is 0.255 e. The molecule has 6 N–H and O–H groups in total. The molecule has 2 amide bonds. The number of carbonyl (C=O) groups is 2. The van der Waals surface area contributed by atoms with Crippen LogP contribution in [0.2, 0.25) is 0 Å². The first kappa shape index (κ1) is 31.2. The lowest BCUT2D eigenvalue weighted by molar-refractivity contribution is -0.113. The van der Waals surface area contributed by atoms with Crippen molar-refractivity contribution in [2.24, 2.45) is 11.5 Å². The molecule has 226 valence electrons. The Morgan fingerprint density at radius 2 is 1.86 bits per heavy atom. The fourth-order valence-corrected chi connectivity index (χ4v) is 4.71. The number of hydrogen-bond donors (Lipinski definition) is 4. The number of hydrogen-bond acceptors (Lipinski definition) is 8. The van der Waals surface area contributed by atoms with Gasteiger partial charge in [0.15, 0.2) is 5.65 Å². The van der Waals surface area contributed by atoms with Crippen molar-refractivity contribution in [3.05, 3.63) is 90.1 Å². The van der Waals surface area contributed by atoms with E-state index in [9.17, 15) is 9.59 Å². The van der Waals surface area contributed by atoms with Gasteiger partial charge in [-0.3, -0.25) is 9.59 Å². The van der Waals surface area contributed by atoms with E-state index in [0.29, 0.717) is 11.3 Å². The molecule has 2 aromatic carbocycles. The first-order valence-electron chi connectivity index (χ1n) is 14.5. The van der Waals surface area contributed by atoms with Crippen LogP contribution in [-0.2, 0) is 11.2 Å². The van der Waals surface area contributed by atoms with E-state index in [1.807, 2.05) is 78.2 Å². The van der Waals surface area contributed by atoms with Gasteiger partial charge in [0.25, 0.3) is 5.91 Å². The summed E-state index contributed by atoms with van der Waals surface area (Å²) in [6.45, 7) is 4.59. The Kier molecular flexibility index (Phi) is 10.8. The van der Waals surface area contributed by atoms with Crippen LogP contribution in [0.4, 0.5) is 23.0 Å². The Morgan fingerprint density at radius 3 is 2.56 bits per heavy atom. The molecule has 5 rings (SSSR count). The summed E-state index contributed by atoms with van der Waals surface area (Å²) in [5.41, 5.74) is 15.2. The van der Waals surface area contributed by atoms with Crippen LogP contribution in [-0.4, -0.2) is 71.1 Å². The summed E-state index contributed by atoms with van der Waals surface area (Å²) in [6.07, 6.45) is 7.90. The van der Waals surface area contributed by atoms with Crippen molar-refractivity contribution < 1.29 is 9.59 Å². The predicted molar refractivity (Wildman–Crippen MR) is 173 cm³/mol. The summed E-state index contributed by atoms with van der Waals surface area (Å²) in [6, 6.07) is 19.0. The number of primary amides is 1. The topological polar surface area (TPSA) is 147 Å². The fourth-order valence-electron chi connectivity index (χ4n) is 4.71. The van der Waals surface area contributed by atoms with Gasteiger partial charge >= 0.3 is 0 Å².